The third-order valence-corrected chi connectivity index (χ3v) is 4.53. The first-order chi connectivity index (χ1) is 10.4. The van der Waals surface area contributed by atoms with Gasteiger partial charge in [0.2, 0.25) is 0 Å². The summed E-state index contributed by atoms with van der Waals surface area (Å²) in [7, 11) is 0. The largest absolute Gasteiger partial charge is 0.494 e. The summed E-state index contributed by atoms with van der Waals surface area (Å²) >= 11 is 0. The van der Waals surface area contributed by atoms with Gasteiger partial charge in [-0.3, -0.25) is 4.90 Å². The average Bonchev–Trinajstić information content (AvgIpc) is 3.37. The molecular formula is C18H28N2O. The van der Waals surface area contributed by atoms with Crippen LogP contribution in [0.1, 0.15) is 38.5 Å². The molecule has 3 heteroatoms. The van der Waals surface area contributed by atoms with Crippen molar-refractivity contribution in [3.63, 3.8) is 0 Å². The van der Waals surface area contributed by atoms with E-state index in [0.717, 1.165) is 30.9 Å². The molecule has 1 unspecified atom stereocenters. The Kier molecular flexibility index (Phi) is 5.53. The van der Waals surface area contributed by atoms with Gasteiger partial charge in [-0.1, -0.05) is 24.6 Å². The van der Waals surface area contributed by atoms with Crippen LogP contribution in [-0.2, 0) is 0 Å². The van der Waals surface area contributed by atoms with Gasteiger partial charge in [-0.25, -0.2) is 0 Å². The summed E-state index contributed by atoms with van der Waals surface area (Å²) in [6, 6.07) is 11.7. The number of benzene rings is 1. The molecular weight excluding hydrogens is 260 g/mol. The third-order valence-electron chi connectivity index (χ3n) is 4.53. The second kappa shape index (κ2) is 7.81. The molecule has 1 aromatic carbocycles. The van der Waals surface area contributed by atoms with Gasteiger partial charge in [-0.15, -0.1) is 0 Å². The van der Waals surface area contributed by atoms with Gasteiger partial charge in [0.15, 0.2) is 0 Å². The molecule has 1 aliphatic carbocycles. The maximum Gasteiger partial charge on any atom is 0.119 e. The number of hydrogen-bond donors (Lipinski definition) is 1. The van der Waals surface area contributed by atoms with Crippen molar-refractivity contribution < 1.29 is 4.74 Å². The number of nitrogens with zero attached hydrogens (tertiary/aromatic N) is 1. The van der Waals surface area contributed by atoms with Crippen LogP contribution in [0.15, 0.2) is 30.3 Å². The maximum absolute atomic E-state index is 5.80. The van der Waals surface area contributed by atoms with Gasteiger partial charge in [-0.2, -0.15) is 0 Å². The van der Waals surface area contributed by atoms with Gasteiger partial charge >= 0.3 is 0 Å². The molecule has 1 N–H and O–H groups in total. The lowest BCUT2D eigenvalue weighted by atomic mass is 10.0. The van der Waals surface area contributed by atoms with E-state index in [9.17, 15) is 0 Å². The van der Waals surface area contributed by atoms with Crippen LogP contribution in [0.2, 0.25) is 0 Å². The Labute approximate surface area is 128 Å². The lowest BCUT2D eigenvalue weighted by molar-refractivity contribution is 0.196. The predicted molar refractivity (Wildman–Crippen MR) is 86.8 cm³/mol. The van der Waals surface area contributed by atoms with Crippen LogP contribution in [0.4, 0.5) is 0 Å². The minimum Gasteiger partial charge on any atom is -0.494 e. The molecule has 2 aliphatic rings. The van der Waals surface area contributed by atoms with Crippen LogP contribution in [-0.4, -0.2) is 43.2 Å². The molecule has 1 atom stereocenters. The van der Waals surface area contributed by atoms with E-state index in [4.69, 9.17) is 4.74 Å². The highest BCUT2D eigenvalue weighted by molar-refractivity contribution is 5.20. The van der Waals surface area contributed by atoms with Crippen LogP contribution in [0, 0.1) is 0 Å². The van der Waals surface area contributed by atoms with Crippen molar-refractivity contribution in [3.8, 4) is 5.75 Å². The lowest BCUT2D eigenvalue weighted by Crippen LogP contribution is -2.44. The molecule has 1 aliphatic heterocycles. The fourth-order valence-corrected chi connectivity index (χ4v) is 3.20. The molecule has 0 aromatic heterocycles. The van der Waals surface area contributed by atoms with Crippen molar-refractivity contribution >= 4 is 0 Å². The monoisotopic (exact) mass is 288 g/mol. The summed E-state index contributed by atoms with van der Waals surface area (Å²) in [6.07, 6.45) is 8.01. The number of nitrogens with one attached hydrogen (secondary N) is 1. The zero-order valence-corrected chi connectivity index (χ0v) is 13.0. The Bertz CT molecular complexity index is 399. The minimum atomic E-state index is 0.717. The zero-order chi connectivity index (χ0) is 14.3. The molecule has 1 saturated heterocycles. The van der Waals surface area contributed by atoms with Gasteiger partial charge in [0.25, 0.3) is 0 Å². The number of rotatable bonds is 8. The van der Waals surface area contributed by atoms with Crippen molar-refractivity contribution in [1.29, 1.82) is 0 Å². The second-order valence-electron chi connectivity index (χ2n) is 6.39. The summed E-state index contributed by atoms with van der Waals surface area (Å²) in [6.45, 7) is 4.44. The highest BCUT2D eigenvalue weighted by atomic mass is 16.5. The molecule has 0 radical (unpaired) electrons. The van der Waals surface area contributed by atoms with Crippen molar-refractivity contribution in [2.75, 3.05) is 26.2 Å². The van der Waals surface area contributed by atoms with E-state index in [0.29, 0.717) is 0 Å². The van der Waals surface area contributed by atoms with Crippen molar-refractivity contribution in [1.82, 2.24) is 10.2 Å². The van der Waals surface area contributed by atoms with E-state index in [1.165, 1.54) is 51.7 Å². The maximum atomic E-state index is 5.80. The van der Waals surface area contributed by atoms with Crippen LogP contribution >= 0.6 is 0 Å². The summed E-state index contributed by atoms with van der Waals surface area (Å²) in [5.41, 5.74) is 0. The number of para-hydroxylation sites is 1. The first kappa shape index (κ1) is 14.9. The zero-order valence-electron chi connectivity index (χ0n) is 13.0. The first-order valence-electron chi connectivity index (χ1n) is 8.57. The number of hydrogen-bond acceptors (Lipinski definition) is 3. The quantitative estimate of drug-likeness (QED) is 0.744. The molecule has 0 spiro atoms. The molecule has 21 heavy (non-hydrogen) atoms. The smallest absolute Gasteiger partial charge is 0.119 e. The summed E-state index contributed by atoms with van der Waals surface area (Å²) < 4.78 is 5.80. The summed E-state index contributed by atoms with van der Waals surface area (Å²) in [4.78, 5) is 2.69. The van der Waals surface area contributed by atoms with Crippen LogP contribution in [0.5, 0.6) is 5.75 Å². The fraction of sp³-hybridized carbons (Fsp3) is 0.667. The lowest BCUT2D eigenvalue weighted by Gasteiger charge is -2.30. The highest BCUT2D eigenvalue weighted by Crippen LogP contribution is 2.27. The van der Waals surface area contributed by atoms with Crippen LogP contribution < -0.4 is 10.1 Å². The normalized spacial score (nSPS) is 22.4. The van der Waals surface area contributed by atoms with Crippen LogP contribution in [0.25, 0.3) is 0 Å². The first-order valence-corrected chi connectivity index (χ1v) is 8.57. The third kappa shape index (κ3) is 5.01. The Balaban J connectivity index is 1.37. The minimum absolute atomic E-state index is 0.717. The number of ether oxygens (including phenoxy) is 1. The molecule has 1 aromatic rings. The molecule has 0 bridgehead atoms. The van der Waals surface area contributed by atoms with Crippen molar-refractivity contribution in [2.24, 2.45) is 0 Å². The average molecular weight is 288 g/mol. The van der Waals surface area contributed by atoms with Gasteiger partial charge in [0.05, 0.1) is 6.61 Å². The van der Waals surface area contributed by atoms with E-state index >= 15 is 0 Å². The van der Waals surface area contributed by atoms with E-state index < -0.39 is 0 Å². The van der Waals surface area contributed by atoms with Crippen molar-refractivity contribution in [3.05, 3.63) is 30.3 Å². The van der Waals surface area contributed by atoms with Gasteiger partial charge in [0, 0.05) is 25.2 Å². The van der Waals surface area contributed by atoms with Crippen LogP contribution in [0.3, 0.4) is 0 Å². The standard InChI is InChI=1S/C18H28N2O/c1-2-8-18(9-3-1)21-14-6-13-20(17-10-11-17)15-16-7-4-5-12-19-16/h1-3,8-9,16-17,19H,4-7,10-15H2. The summed E-state index contributed by atoms with van der Waals surface area (Å²) in [5, 5.41) is 3.68. The Morgan fingerprint density at radius 2 is 1.95 bits per heavy atom. The van der Waals surface area contributed by atoms with Gasteiger partial charge < -0.3 is 10.1 Å². The highest BCUT2D eigenvalue weighted by Gasteiger charge is 2.30. The Hall–Kier alpha value is -1.06. The van der Waals surface area contributed by atoms with Gasteiger partial charge in [0.1, 0.15) is 5.75 Å². The van der Waals surface area contributed by atoms with Gasteiger partial charge in [-0.05, 0) is 50.8 Å². The summed E-state index contributed by atoms with van der Waals surface area (Å²) in [5.74, 6) is 0.990. The number of piperidine rings is 1. The SMILES string of the molecule is c1ccc(OCCCN(CC2CCCCN2)C2CC2)cc1. The fourth-order valence-electron chi connectivity index (χ4n) is 3.20. The molecule has 3 rings (SSSR count). The molecule has 0 amide bonds. The van der Waals surface area contributed by atoms with E-state index in [-0.39, 0.29) is 0 Å². The van der Waals surface area contributed by atoms with E-state index in [2.05, 4.69) is 10.2 Å². The molecule has 2 fully saturated rings. The predicted octanol–water partition coefficient (Wildman–Crippen LogP) is 3.06. The van der Waals surface area contributed by atoms with Crippen molar-refractivity contribution in [2.45, 2.75) is 50.6 Å². The molecule has 116 valence electrons. The van der Waals surface area contributed by atoms with E-state index in [1.807, 2.05) is 30.3 Å². The topological polar surface area (TPSA) is 24.5 Å². The molecule has 3 nitrogen and oxygen atoms in total. The molecule has 1 saturated carbocycles. The van der Waals surface area contributed by atoms with E-state index in [1.54, 1.807) is 0 Å². The Morgan fingerprint density at radius 3 is 2.67 bits per heavy atom. The Morgan fingerprint density at radius 1 is 1.10 bits per heavy atom. The second-order valence-corrected chi connectivity index (χ2v) is 6.39. The molecule has 1 heterocycles.